The molecule has 1 heterocycles. The van der Waals surface area contributed by atoms with Crippen LogP contribution < -0.4 is 5.32 Å². The van der Waals surface area contributed by atoms with Crippen LogP contribution in [0.5, 0.6) is 0 Å². The molecule has 1 atom stereocenters. The Kier molecular flexibility index (Phi) is 5.58. The zero-order valence-electron chi connectivity index (χ0n) is 12.5. The molecule has 0 aliphatic heterocycles. The smallest absolute Gasteiger partial charge is 0.338 e. The summed E-state index contributed by atoms with van der Waals surface area (Å²) < 4.78 is 10.1. The molecule has 0 fully saturated rings. The molecule has 0 amide bonds. The maximum atomic E-state index is 11.7. The molecule has 1 N–H and O–H groups in total. The Morgan fingerprint density at radius 1 is 1.29 bits per heavy atom. The van der Waals surface area contributed by atoms with Crippen molar-refractivity contribution < 1.29 is 13.9 Å². The van der Waals surface area contributed by atoms with Gasteiger partial charge < -0.3 is 14.5 Å². The maximum Gasteiger partial charge on any atom is 0.338 e. The van der Waals surface area contributed by atoms with Crippen LogP contribution in [0.25, 0.3) is 0 Å². The Labute approximate surface area is 125 Å². The highest BCUT2D eigenvalue weighted by molar-refractivity contribution is 5.90. The Bertz CT molecular complexity index is 563. The largest absolute Gasteiger partial charge is 0.469 e. The second-order valence-electron chi connectivity index (χ2n) is 5.05. The van der Waals surface area contributed by atoms with Gasteiger partial charge in [-0.15, -0.1) is 0 Å². The fraction of sp³-hybridized carbons (Fsp3) is 0.353. The summed E-state index contributed by atoms with van der Waals surface area (Å²) in [4.78, 5) is 11.7. The van der Waals surface area contributed by atoms with E-state index in [9.17, 15) is 4.79 Å². The van der Waals surface area contributed by atoms with Crippen LogP contribution in [0.4, 0.5) is 0 Å². The van der Waals surface area contributed by atoms with Gasteiger partial charge in [-0.3, -0.25) is 0 Å². The highest BCUT2D eigenvalue weighted by Gasteiger charge is 2.11. The SMILES string of the molecule is COC(=O)c1ccccc1CNC(C)CCc1ccco1. The van der Waals surface area contributed by atoms with Gasteiger partial charge >= 0.3 is 5.97 Å². The molecule has 1 aromatic heterocycles. The van der Waals surface area contributed by atoms with Gasteiger partial charge in [-0.25, -0.2) is 4.79 Å². The molecule has 1 unspecified atom stereocenters. The summed E-state index contributed by atoms with van der Waals surface area (Å²) in [6.45, 7) is 2.77. The van der Waals surface area contributed by atoms with Gasteiger partial charge in [-0.2, -0.15) is 0 Å². The fourth-order valence-electron chi connectivity index (χ4n) is 2.18. The van der Waals surface area contributed by atoms with Crippen molar-refractivity contribution in [2.45, 2.75) is 32.4 Å². The van der Waals surface area contributed by atoms with Gasteiger partial charge in [0.05, 0.1) is 18.9 Å². The summed E-state index contributed by atoms with van der Waals surface area (Å²) in [6.07, 6.45) is 3.58. The minimum atomic E-state index is -0.296. The summed E-state index contributed by atoms with van der Waals surface area (Å²) in [5.41, 5.74) is 1.57. The van der Waals surface area contributed by atoms with Crippen molar-refractivity contribution in [3.8, 4) is 0 Å². The van der Waals surface area contributed by atoms with Crippen molar-refractivity contribution >= 4 is 5.97 Å². The van der Waals surface area contributed by atoms with Crippen LogP contribution in [0.3, 0.4) is 0 Å². The number of benzene rings is 1. The standard InChI is InChI=1S/C17H21NO3/c1-13(9-10-15-7-5-11-21-15)18-12-14-6-3-4-8-16(14)17(19)20-2/h3-8,11,13,18H,9-10,12H2,1-2H3. The van der Waals surface area contributed by atoms with Crippen LogP contribution in [0.1, 0.15) is 35.0 Å². The fourth-order valence-corrected chi connectivity index (χ4v) is 2.18. The van der Waals surface area contributed by atoms with Crippen molar-refractivity contribution in [2.24, 2.45) is 0 Å². The quantitative estimate of drug-likeness (QED) is 0.795. The number of ether oxygens (including phenoxy) is 1. The van der Waals surface area contributed by atoms with Crippen LogP contribution in [0, 0.1) is 0 Å². The molecule has 0 spiro atoms. The first-order valence-electron chi connectivity index (χ1n) is 7.12. The number of furan rings is 1. The normalized spacial score (nSPS) is 12.1. The van der Waals surface area contributed by atoms with E-state index >= 15 is 0 Å². The molecule has 0 saturated heterocycles. The average Bonchev–Trinajstić information content (AvgIpc) is 3.04. The van der Waals surface area contributed by atoms with Crippen molar-refractivity contribution in [2.75, 3.05) is 7.11 Å². The lowest BCUT2D eigenvalue weighted by Crippen LogP contribution is -2.26. The molecule has 21 heavy (non-hydrogen) atoms. The van der Waals surface area contributed by atoms with Gasteiger partial charge in [0.15, 0.2) is 0 Å². The van der Waals surface area contributed by atoms with E-state index in [0.717, 1.165) is 24.2 Å². The third-order valence-corrected chi connectivity index (χ3v) is 3.47. The van der Waals surface area contributed by atoms with Crippen LogP contribution in [0.15, 0.2) is 47.1 Å². The van der Waals surface area contributed by atoms with E-state index in [0.29, 0.717) is 18.2 Å². The predicted octanol–water partition coefficient (Wildman–Crippen LogP) is 3.18. The van der Waals surface area contributed by atoms with Gasteiger partial charge in [-0.05, 0) is 37.1 Å². The predicted molar refractivity (Wildman–Crippen MR) is 81.1 cm³/mol. The first kappa shape index (κ1) is 15.3. The molecule has 4 nitrogen and oxygen atoms in total. The minimum Gasteiger partial charge on any atom is -0.469 e. The molecule has 112 valence electrons. The van der Waals surface area contributed by atoms with Crippen LogP contribution >= 0.6 is 0 Å². The summed E-state index contributed by atoms with van der Waals surface area (Å²) in [6, 6.07) is 11.7. The molecule has 0 aliphatic rings. The summed E-state index contributed by atoms with van der Waals surface area (Å²) in [5, 5.41) is 3.43. The van der Waals surface area contributed by atoms with E-state index in [2.05, 4.69) is 12.2 Å². The van der Waals surface area contributed by atoms with E-state index in [4.69, 9.17) is 9.15 Å². The van der Waals surface area contributed by atoms with Crippen LogP contribution in [-0.4, -0.2) is 19.1 Å². The monoisotopic (exact) mass is 287 g/mol. The van der Waals surface area contributed by atoms with Gasteiger partial charge in [0.2, 0.25) is 0 Å². The number of aryl methyl sites for hydroxylation is 1. The summed E-state index contributed by atoms with van der Waals surface area (Å²) >= 11 is 0. The maximum absolute atomic E-state index is 11.7. The highest BCUT2D eigenvalue weighted by atomic mass is 16.5. The van der Waals surface area contributed by atoms with Gasteiger partial charge in [0, 0.05) is 19.0 Å². The molecule has 1 aromatic carbocycles. The molecule has 0 bridgehead atoms. The number of esters is 1. The lowest BCUT2D eigenvalue weighted by Gasteiger charge is -2.14. The summed E-state index contributed by atoms with van der Waals surface area (Å²) in [5.74, 6) is 0.703. The number of hydrogen-bond donors (Lipinski definition) is 1. The van der Waals surface area contributed by atoms with Gasteiger partial charge in [0.25, 0.3) is 0 Å². The second-order valence-corrected chi connectivity index (χ2v) is 5.05. The molecule has 0 aliphatic carbocycles. The Morgan fingerprint density at radius 3 is 2.81 bits per heavy atom. The Balaban J connectivity index is 1.86. The zero-order chi connectivity index (χ0) is 15.1. The van der Waals surface area contributed by atoms with E-state index < -0.39 is 0 Å². The number of hydrogen-bond acceptors (Lipinski definition) is 4. The first-order valence-corrected chi connectivity index (χ1v) is 7.12. The minimum absolute atomic E-state index is 0.296. The van der Waals surface area contributed by atoms with Crippen molar-refractivity contribution in [3.63, 3.8) is 0 Å². The average molecular weight is 287 g/mol. The molecule has 0 radical (unpaired) electrons. The van der Waals surface area contributed by atoms with Crippen LogP contribution in [-0.2, 0) is 17.7 Å². The van der Waals surface area contributed by atoms with Crippen molar-refractivity contribution in [1.82, 2.24) is 5.32 Å². The molecule has 2 rings (SSSR count). The van der Waals surface area contributed by atoms with Crippen molar-refractivity contribution in [3.05, 3.63) is 59.5 Å². The summed E-state index contributed by atoms with van der Waals surface area (Å²) in [7, 11) is 1.40. The Hall–Kier alpha value is -2.07. The van der Waals surface area contributed by atoms with E-state index in [1.165, 1.54) is 7.11 Å². The highest BCUT2D eigenvalue weighted by Crippen LogP contribution is 2.11. The zero-order valence-corrected chi connectivity index (χ0v) is 12.5. The van der Waals surface area contributed by atoms with E-state index in [1.54, 1.807) is 12.3 Å². The number of methoxy groups -OCH3 is 1. The molecule has 4 heteroatoms. The second kappa shape index (κ2) is 7.64. The molecule has 2 aromatic rings. The third-order valence-electron chi connectivity index (χ3n) is 3.47. The third kappa shape index (κ3) is 4.46. The topological polar surface area (TPSA) is 51.5 Å². The number of nitrogens with one attached hydrogen (secondary N) is 1. The van der Waals surface area contributed by atoms with Crippen molar-refractivity contribution in [1.29, 1.82) is 0 Å². The van der Waals surface area contributed by atoms with Crippen LogP contribution in [0.2, 0.25) is 0 Å². The van der Waals surface area contributed by atoms with E-state index in [1.807, 2.05) is 30.3 Å². The molecular formula is C17H21NO3. The first-order chi connectivity index (χ1) is 10.2. The molecular weight excluding hydrogens is 266 g/mol. The number of carbonyl (C=O) groups is 1. The lowest BCUT2D eigenvalue weighted by molar-refractivity contribution is 0.0599. The number of carbonyl (C=O) groups excluding carboxylic acids is 1. The van der Waals surface area contributed by atoms with E-state index in [-0.39, 0.29) is 5.97 Å². The molecule has 0 saturated carbocycles. The lowest BCUT2D eigenvalue weighted by atomic mass is 10.1. The Morgan fingerprint density at radius 2 is 2.10 bits per heavy atom. The van der Waals surface area contributed by atoms with Gasteiger partial charge in [0.1, 0.15) is 5.76 Å². The van der Waals surface area contributed by atoms with Gasteiger partial charge in [-0.1, -0.05) is 18.2 Å². The number of rotatable bonds is 7.